The van der Waals surface area contributed by atoms with Crippen LogP contribution in [0, 0.1) is 11.7 Å². The van der Waals surface area contributed by atoms with Gasteiger partial charge in [-0.3, -0.25) is 0 Å². The van der Waals surface area contributed by atoms with Gasteiger partial charge in [0, 0.05) is 5.56 Å². The Balaban J connectivity index is 2.30. The van der Waals surface area contributed by atoms with E-state index >= 15 is 0 Å². The van der Waals surface area contributed by atoms with Gasteiger partial charge in [-0.15, -0.1) is 0 Å². The van der Waals surface area contributed by atoms with E-state index in [9.17, 15) is 4.39 Å². The Kier molecular flexibility index (Phi) is 3.19. The molecule has 0 saturated heterocycles. The summed E-state index contributed by atoms with van der Waals surface area (Å²) in [5.74, 6) is 0.604. The fourth-order valence-electron chi connectivity index (χ4n) is 1.40. The molecule has 4 nitrogen and oxygen atoms in total. The quantitative estimate of drug-likeness (QED) is 0.887. The van der Waals surface area contributed by atoms with Crippen molar-refractivity contribution < 1.29 is 8.91 Å². The number of nitrogens with two attached hydrogens (primary N) is 1. The zero-order valence-corrected chi connectivity index (χ0v) is 9.72. The minimum atomic E-state index is -0.331. The maximum atomic E-state index is 13.0. The molecule has 2 aromatic rings. The van der Waals surface area contributed by atoms with E-state index in [1.807, 2.05) is 13.8 Å². The summed E-state index contributed by atoms with van der Waals surface area (Å²) in [5.41, 5.74) is 6.47. The Morgan fingerprint density at radius 3 is 2.76 bits per heavy atom. The van der Waals surface area contributed by atoms with Crippen molar-refractivity contribution >= 4 is 0 Å². The van der Waals surface area contributed by atoms with Crippen LogP contribution >= 0.6 is 0 Å². The summed E-state index contributed by atoms with van der Waals surface area (Å²) in [6, 6.07) is 5.74. The third kappa shape index (κ3) is 2.50. The Hall–Kier alpha value is -1.75. The summed E-state index contributed by atoms with van der Waals surface area (Å²) in [6.45, 7) is 3.94. The predicted molar refractivity (Wildman–Crippen MR) is 61.5 cm³/mol. The standard InChI is InChI=1S/C12H14FN3O/c1-7(2)10(14)12-15-11(16-17-12)8-4-3-5-9(13)6-8/h3-7,10H,14H2,1-2H3/t10-/m1/s1. The molecule has 2 N–H and O–H groups in total. The summed E-state index contributed by atoms with van der Waals surface area (Å²) >= 11 is 0. The number of rotatable bonds is 3. The van der Waals surface area contributed by atoms with Crippen molar-refractivity contribution in [2.75, 3.05) is 0 Å². The van der Waals surface area contributed by atoms with Crippen LogP contribution in [0.4, 0.5) is 4.39 Å². The first-order valence-electron chi connectivity index (χ1n) is 5.43. The first-order valence-corrected chi connectivity index (χ1v) is 5.43. The van der Waals surface area contributed by atoms with Crippen molar-refractivity contribution in [1.29, 1.82) is 0 Å². The van der Waals surface area contributed by atoms with Crippen LogP contribution in [0.1, 0.15) is 25.8 Å². The van der Waals surface area contributed by atoms with Crippen molar-refractivity contribution in [2.45, 2.75) is 19.9 Å². The molecule has 1 heterocycles. The fourth-order valence-corrected chi connectivity index (χ4v) is 1.40. The van der Waals surface area contributed by atoms with E-state index in [-0.39, 0.29) is 17.8 Å². The molecule has 0 aliphatic heterocycles. The van der Waals surface area contributed by atoms with E-state index in [1.54, 1.807) is 12.1 Å². The average Bonchev–Trinajstić information content (AvgIpc) is 2.77. The lowest BCUT2D eigenvalue weighted by atomic mass is 10.1. The molecular formula is C12H14FN3O. The largest absolute Gasteiger partial charge is 0.337 e. The van der Waals surface area contributed by atoms with Crippen molar-refractivity contribution in [2.24, 2.45) is 11.7 Å². The number of hydrogen-bond donors (Lipinski definition) is 1. The lowest BCUT2D eigenvalue weighted by Crippen LogP contribution is -2.16. The SMILES string of the molecule is CC(C)[C@@H](N)c1nc(-c2cccc(F)c2)no1. The smallest absolute Gasteiger partial charge is 0.244 e. The number of aromatic nitrogens is 2. The third-order valence-electron chi connectivity index (χ3n) is 2.53. The number of benzene rings is 1. The van der Waals surface area contributed by atoms with Gasteiger partial charge in [0.1, 0.15) is 5.82 Å². The highest BCUT2D eigenvalue weighted by Gasteiger charge is 2.18. The number of nitrogens with zero attached hydrogens (tertiary/aromatic N) is 2. The molecule has 0 aliphatic rings. The van der Waals surface area contributed by atoms with Crippen molar-refractivity contribution in [1.82, 2.24) is 10.1 Å². The van der Waals surface area contributed by atoms with Crippen molar-refractivity contribution in [3.8, 4) is 11.4 Å². The van der Waals surface area contributed by atoms with Crippen LogP contribution in [-0.4, -0.2) is 10.1 Å². The second-order valence-electron chi connectivity index (χ2n) is 4.24. The van der Waals surface area contributed by atoms with Gasteiger partial charge in [0.05, 0.1) is 6.04 Å². The van der Waals surface area contributed by atoms with E-state index in [2.05, 4.69) is 10.1 Å². The molecule has 1 aromatic heterocycles. The van der Waals surface area contributed by atoms with Crippen molar-refractivity contribution in [3.05, 3.63) is 36.0 Å². The molecule has 1 aromatic carbocycles. The summed E-state index contributed by atoms with van der Waals surface area (Å²) in [4.78, 5) is 4.17. The molecule has 0 fully saturated rings. The van der Waals surface area contributed by atoms with Gasteiger partial charge in [0.25, 0.3) is 0 Å². The molecule has 2 rings (SSSR count). The van der Waals surface area contributed by atoms with Crippen LogP contribution < -0.4 is 5.73 Å². The Bertz CT molecular complexity index is 510. The van der Waals surface area contributed by atoms with Gasteiger partial charge in [0.15, 0.2) is 0 Å². The Morgan fingerprint density at radius 2 is 2.12 bits per heavy atom. The van der Waals surface area contributed by atoms with Gasteiger partial charge < -0.3 is 10.3 Å². The van der Waals surface area contributed by atoms with Crippen LogP contribution in [0.25, 0.3) is 11.4 Å². The van der Waals surface area contributed by atoms with Crippen LogP contribution in [0.2, 0.25) is 0 Å². The number of halogens is 1. The zero-order valence-electron chi connectivity index (χ0n) is 9.72. The maximum absolute atomic E-state index is 13.0. The highest BCUT2D eigenvalue weighted by atomic mass is 19.1. The average molecular weight is 235 g/mol. The van der Waals surface area contributed by atoms with Crippen LogP contribution in [0.15, 0.2) is 28.8 Å². The predicted octanol–water partition coefficient (Wildman–Crippen LogP) is 2.53. The summed E-state index contributed by atoms with van der Waals surface area (Å²) in [5, 5.41) is 3.80. The Morgan fingerprint density at radius 1 is 1.35 bits per heavy atom. The van der Waals surface area contributed by atoms with Gasteiger partial charge in [-0.25, -0.2) is 4.39 Å². The summed E-state index contributed by atoms with van der Waals surface area (Å²) in [6.07, 6.45) is 0. The molecule has 90 valence electrons. The maximum Gasteiger partial charge on any atom is 0.244 e. The molecular weight excluding hydrogens is 221 g/mol. The molecule has 17 heavy (non-hydrogen) atoms. The molecule has 0 aliphatic carbocycles. The Labute approximate surface area is 98.6 Å². The van der Waals surface area contributed by atoms with Gasteiger partial charge in [-0.1, -0.05) is 31.1 Å². The molecule has 5 heteroatoms. The molecule has 0 saturated carbocycles. The van der Waals surface area contributed by atoms with Crippen LogP contribution in [-0.2, 0) is 0 Å². The highest BCUT2D eigenvalue weighted by Crippen LogP contribution is 2.21. The highest BCUT2D eigenvalue weighted by molar-refractivity contribution is 5.53. The van der Waals surface area contributed by atoms with Gasteiger partial charge >= 0.3 is 0 Å². The van der Waals surface area contributed by atoms with E-state index in [1.165, 1.54) is 12.1 Å². The monoisotopic (exact) mass is 235 g/mol. The minimum absolute atomic E-state index is 0.204. The topological polar surface area (TPSA) is 64.9 Å². The van der Waals surface area contributed by atoms with E-state index in [0.717, 1.165) is 0 Å². The minimum Gasteiger partial charge on any atom is -0.337 e. The summed E-state index contributed by atoms with van der Waals surface area (Å²) < 4.78 is 18.1. The van der Waals surface area contributed by atoms with E-state index in [4.69, 9.17) is 10.3 Å². The first-order chi connectivity index (χ1) is 8.08. The van der Waals surface area contributed by atoms with Gasteiger partial charge in [0.2, 0.25) is 11.7 Å². The summed E-state index contributed by atoms with van der Waals surface area (Å²) in [7, 11) is 0. The van der Waals surface area contributed by atoms with E-state index < -0.39 is 0 Å². The third-order valence-corrected chi connectivity index (χ3v) is 2.53. The first kappa shape index (κ1) is 11.7. The fraction of sp³-hybridized carbons (Fsp3) is 0.333. The van der Waals surface area contributed by atoms with Crippen molar-refractivity contribution in [3.63, 3.8) is 0 Å². The second kappa shape index (κ2) is 4.63. The van der Waals surface area contributed by atoms with Gasteiger partial charge in [-0.05, 0) is 18.1 Å². The van der Waals surface area contributed by atoms with E-state index in [0.29, 0.717) is 17.3 Å². The second-order valence-corrected chi connectivity index (χ2v) is 4.24. The molecule has 0 amide bonds. The molecule has 0 radical (unpaired) electrons. The lowest BCUT2D eigenvalue weighted by Gasteiger charge is -2.09. The number of hydrogen-bond acceptors (Lipinski definition) is 4. The molecule has 1 atom stereocenters. The zero-order chi connectivity index (χ0) is 12.4. The molecule has 0 spiro atoms. The molecule has 0 unspecified atom stereocenters. The van der Waals surface area contributed by atoms with Crippen LogP contribution in [0.5, 0.6) is 0 Å². The normalized spacial score (nSPS) is 13.0. The van der Waals surface area contributed by atoms with Gasteiger partial charge in [-0.2, -0.15) is 4.98 Å². The molecule has 0 bridgehead atoms. The lowest BCUT2D eigenvalue weighted by molar-refractivity contribution is 0.325. The van der Waals surface area contributed by atoms with Crippen LogP contribution in [0.3, 0.4) is 0 Å².